The van der Waals surface area contributed by atoms with Crippen LogP contribution in [0.5, 0.6) is 0 Å². The summed E-state index contributed by atoms with van der Waals surface area (Å²) < 4.78 is 2.95. The highest BCUT2D eigenvalue weighted by atomic mass is 32.1. The van der Waals surface area contributed by atoms with Crippen molar-refractivity contribution in [3.63, 3.8) is 0 Å². The fraction of sp³-hybridized carbons (Fsp3) is 0.111. The largest absolute Gasteiger partial charge is 0.376 e. The van der Waals surface area contributed by atoms with Gasteiger partial charge in [-0.1, -0.05) is 37.3 Å². The van der Waals surface area contributed by atoms with E-state index in [2.05, 4.69) is 11.9 Å². The fourth-order valence-corrected chi connectivity index (χ4v) is 3.18. The van der Waals surface area contributed by atoms with Crippen molar-refractivity contribution in [3.8, 4) is 11.1 Å². The molecule has 3 aromatic heterocycles. The van der Waals surface area contributed by atoms with Gasteiger partial charge in [0.15, 0.2) is 10.8 Å². The molecule has 3 heterocycles. The zero-order valence-electron chi connectivity index (χ0n) is 13.5. The van der Waals surface area contributed by atoms with Crippen molar-refractivity contribution in [1.82, 2.24) is 19.2 Å². The monoisotopic (exact) mass is 349 g/mol. The predicted molar refractivity (Wildman–Crippen MR) is 102 cm³/mol. The van der Waals surface area contributed by atoms with Gasteiger partial charge in [-0.3, -0.25) is 9.36 Å². The number of fused-ring (bicyclic) bond motifs is 3. The van der Waals surface area contributed by atoms with Crippen LogP contribution in [0, 0.1) is 0 Å². The average molecular weight is 349 g/mol. The lowest BCUT2D eigenvalue weighted by Gasteiger charge is -2.06. The second-order valence-corrected chi connectivity index (χ2v) is 6.08. The van der Waals surface area contributed by atoms with Gasteiger partial charge in [0.1, 0.15) is 0 Å². The van der Waals surface area contributed by atoms with Gasteiger partial charge in [0, 0.05) is 18.0 Å². The fourth-order valence-electron chi connectivity index (χ4n) is 3.04. The summed E-state index contributed by atoms with van der Waals surface area (Å²) in [6.45, 7) is 2.05. The van der Waals surface area contributed by atoms with Crippen LogP contribution in [0.3, 0.4) is 0 Å². The molecule has 0 saturated heterocycles. The number of nitrogens with two attached hydrogens (primary N) is 1. The summed E-state index contributed by atoms with van der Waals surface area (Å²) in [5.74, 6) is 0. The second-order valence-electron chi connectivity index (χ2n) is 5.66. The van der Waals surface area contributed by atoms with Crippen LogP contribution >= 0.6 is 12.2 Å². The summed E-state index contributed by atoms with van der Waals surface area (Å²) in [4.78, 5) is 17.1. The molecule has 0 aliphatic carbocycles. The van der Waals surface area contributed by atoms with E-state index in [0.717, 1.165) is 28.9 Å². The molecular formula is C18H15N5OS. The summed E-state index contributed by atoms with van der Waals surface area (Å²) >= 11 is 4.91. The molecule has 0 amide bonds. The minimum Gasteiger partial charge on any atom is -0.376 e. The molecule has 4 aromatic rings. The Bertz CT molecular complexity index is 1180. The highest BCUT2D eigenvalue weighted by molar-refractivity contribution is 7.80. The molecule has 0 radical (unpaired) electrons. The van der Waals surface area contributed by atoms with E-state index in [9.17, 15) is 4.79 Å². The minimum atomic E-state index is -0.297. The SMILES string of the molecule is CCc1nn2c(ncc3c(=O)n(C(N)=S)ccc32)c1-c1ccccc1. The number of hydrogen-bond acceptors (Lipinski definition) is 4. The first-order chi connectivity index (χ1) is 12.1. The third-order valence-electron chi connectivity index (χ3n) is 4.22. The van der Waals surface area contributed by atoms with Crippen LogP contribution in [0.1, 0.15) is 12.6 Å². The molecule has 0 fully saturated rings. The summed E-state index contributed by atoms with van der Waals surface area (Å²) in [5, 5.41) is 5.12. The van der Waals surface area contributed by atoms with Gasteiger partial charge in [0.05, 0.1) is 16.6 Å². The minimum absolute atomic E-state index is 0.00619. The lowest BCUT2D eigenvalue weighted by atomic mass is 10.0. The van der Waals surface area contributed by atoms with E-state index in [1.807, 2.05) is 30.3 Å². The molecule has 0 unspecified atom stereocenters. The Labute approximate surface area is 148 Å². The summed E-state index contributed by atoms with van der Waals surface area (Å²) in [6, 6.07) is 11.8. The summed E-state index contributed by atoms with van der Waals surface area (Å²) in [6.07, 6.45) is 3.90. The Balaban J connectivity index is 2.11. The maximum atomic E-state index is 12.6. The quantitative estimate of drug-likeness (QED) is 0.562. The van der Waals surface area contributed by atoms with Gasteiger partial charge < -0.3 is 5.73 Å². The number of nitrogens with zero attached hydrogens (tertiary/aromatic N) is 4. The smallest absolute Gasteiger partial charge is 0.267 e. The number of rotatable bonds is 2. The average Bonchev–Trinajstić information content (AvgIpc) is 3.01. The Morgan fingerprint density at radius 2 is 2.00 bits per heavy atom. The van der Waals surface area contributed by atoms with E-state index in [4.69, 9.17) is 23.1 Å². The van der Waals surface area contributed by atoms with Gasteiger partial charge in [-0.15, -0.1) is 0 Å². The molecule has 1 aromatic carbocycles. The molecule has 2 N–H and O–H groups in total. The lowest BCUT2D eigenvalue weighted by molar-refractivity contribution is 0.912. The third kappa shape index (κ3) is 2.32. The maximum absolute atomic E-state index is 12.6. The highest BCUT2D eigenvalue weighted by Crippen LogP contribution is 2.29. The van der Waals surface area contributed by atoms with E-state index in [1.165, 1.54) is 4.57 Å². The van der Waals surface area contributed by atoms with Crippen molar-refractivity contribution in [3.05, 3.63) is 64.8 Å². The molecule has 0 bridgehead atoms. The van der Waals surface area contributed by atoms with Crippen LogP contribution in [0.2, 0.25) is 0 Å². The molecule has 0 saturated carbocycles. The Morgan fingerprint density at radius 1 is 1.24 bits per heavy atom. The first-order valence-corrected chi connectivity index (χ1v) is 8.30. The van der Waals surface area contributed by atoms with Crippen LogP contribution in [0.4, 0.5) is 0 Å². The van der Waals surface area contributed by atoms with E-state index in [-0.39, 0.29) is 10.7 Å². The topological polar surface area (TPSA) is 78.2 Å². The molecular weight excluding hydrogens is 334 g/mol. The van der Waals surface area contributed by atoms with Crippen molar-refractivity contribution in [2.24, 2.45) is 5.73 Å². The van der Waals surface area contributed by atoms with E-state index in [1.54, 1.807) is 23.0 Å². The van der Waals surface area contributed by atoms with Crippen LogP contribution in [0.15, 0.2) is 53.6 Å². The van der Waals surface area contributed by atoms with Gasteiger partial charge in [-0.05, 0) is 30.3 Å². The van der Waals surface area contributed by atoms with Gasteiger partial charge in [0.25, 0.3) is 5.56 Å². The predicted octanol–water partition coefficient (Wildman–Crippen LogP) is 2.37. The summed E-state index contributed by atoms with van der Waals surface area (Å²) in [5.41, 5.74) is 9.68. The Hall–Kier alpha value is -3.06. The van der Waals surface area contributed by atoms with Gasteiger partial charge in [-0.25, -0.2) is 9.50 Å². The number of hydrogen-bond donors (Lipinski definition) is 1. The number of aromatic nitrogens is 4. The molecule has 25 heavy (non-hydrogen) atoms. The second kappa shape index (κ2) is 5.78. The van der Waals surface area contributed by atoms with Gasteiger partial charge in [-0.2, -0.15) is 5.10 Å². The van der Waals surface area contributed by atoms with E-state index in [0.29, 0.717) is 10.9 Å². The molecule has 124 valence electrons. The van der Waals surface area contributed by atoms with Crippen molar-refractivity contribution in [2.75, 3.05) is 0 Å². The Morgan fingerprint density at radius 3 is 2.68 bits per heavy atom. The number of thiocarbonyl (C=S) groups is 1. The zero-order chi connectivity index (χ0) is 17.6. The molecule has 7 heteroatoms. The van der Waals surface area contributed by atoms with Crippen molar-refractivity contribution >= 4 is 33.9 Å². The normalized spacial score (nSPS) is 11.2. The standard InChI is InChI=1S/C18H15N5OS/c1-2-13-15(11-6-4-3-5-7-11)16-20-10-12-14(23(16)21-13)8-9-22(17(12)24)18(19)25/h3-10H,2H2,1H3,(H2,19,25). The van der Waals surface area contributed by atoms with E-state index >= 15 is 0 Å². The molecule has 0 spiro atoms. The van der Waals surface area contributed by atoms with Crippen LogP contribution in [0.25, 0.3) is 27.7 Å². The van der Waals surface area contributed by atoms with Crippen LogP contribution in [-0.4, -0.2) is 24.3 Å². The maximum Gasteiger partial charge on any atom is 0.267 e. The van der Waals surface area contributed by atoms with Crippen molar-refractivity contribution < 1.29 is 0 Å². The number of benzene rings is 1. The Kier molecular flexibility index (Phi) is 3.58. The lowest BCUT2D eigenvalue weighted by Crippen LogP contribution is -2.31. The van der Waals surface area contributed by atoms with Crippen LogP contribution in [-0.2, 0) is 6.42 Å². The first kappa shape index (κ1) is 15.5. The van der Waals surface area contributed by atoms with Crippen molar-refractivity contribution in [2.45, 2.75) is 13.3 Å². The molecule has 4 rings (SSSR count). The molecule has 0 atom stereocenters. The highest BCUT2D eigenvalue weighted by Gasteiger charge is 2.17. The third-order valence-corrected chi connectivity index (χ3v) is 4.42. The number of aryl methyl sites for hydroxylation is 1. The van der Waals surface area contributed by atoms with Crippen LogP contribution < -0.4 is 11.3 Å². The van der Waals surface area contributed by atoms with Gasteiger partial charge in [0.2, 0.25) is 0 Å². The first-order valence-electron chi connectivity index (χ1n) is 7.89. The van der Waals surface area contributed by atoms with Crippen molar-refractivity contribution in [1.29, 1.82) is 0 Å². The molecule has 0 aliphatic heterocycles. The molecule has 6 nitrogen and oxygen atoms in total. The molecule has 0 aliphatic rings. The van der Waals surface area contributed by atoms with E-state index < -0.39 is 0 Å². The van der Waals surface area contributed by atoms with Gasteiger partial charge >= 0.3 is 0 Å². The number of pyridine rings is 1. The summed E-state index contributed by atoms with van der Waals surface area (Å²) in [7, 11) is 0. The zero-order valence-corrected chi connectivity index (χ0v) is 14.3.